The van der Waals surface area contributed by atoms with E-state index in [2.05, 4.69) is 18.3 Å². The van der Waals surface area contributed by atoms with Crippen LogP contribution < -0.4 is 10.2 Å². The SMILES string of the molecule is CC(CCCO)NC1CC(=O)N(C)c2ccccc21. The number of amides is 1. The molecular formula is C15H22N2O2. The van der Waals surface area contributed by atoms with Crippen molar-refractivity contribution in [2.45, 2.75) is 38.3 Å². The molecule has 19 heavy (non-hydrogen) atoms. The second-order valence-corrected chi connectivity index (χ2v) is 5.20. The average Bonchev–Trinajstić information content (AvgIpc) is 2.42. The van der Waals surface area contributed by atoms with Gasteiger partial charge in [0.1, 0.15) is 0 Å². The van der Waals surface area contributed by atoms with Crippen LogP contribution >= 0.6 is 0 Å². The average molecular weight is 262 g/mol. The molecule has 2 atom stereocenters. The number of hydrogen-bond donors (Lipinski definition) is 2. The van der Waals surface area contributed by atoms with Crippen molar-refractivity contribution in [2.75, 3.05) is 18.6 Å². The lowest BCUT2D eigenvalue weighted by molar-refractivity contribution is -0.119. The Bertz CT molecular complexity index is 448. The van der Waals surface area contributed by atoms with Crippen LogP contribution in [0.5, 0.6) is 0 Å². The Hall–Kier alpha value is -1.39. The topological polar surface area (TPSA) is 52.6 Å². The first-order valence-corrected chi connectivity index (χ1v) is 6.86. The summed E-state index contributed by atoms with van der Waals surface area (Å²) in [5.74, 6) is 0.144. The van der Waals surface area contributed by atoms with E-state index < -0.39 is 0 Å². The monoisotopic (exact) mass is 262 g/mol. The number of carbonyl (C=O) groups excluding carboxylic acids is 1. The zero-order chi connectivity index (χ0) is 13.8. The van der Waals surface area contributed by atoms with Gasteiger partial charge in [-0.05, 0) is 31.4 Å². The van der Waals surface area contributed by atoms with Crippen molar-refractivity contribution in [3.8, 4) is 0 Å². The van der Waals surface area contributed by atoms with Crippen LogP contribution in [0.15, 0.2) is 24.3 Å². The first-order chi connectivity index (χ1) is 9.13. The molecule has 0 saturated carbocycles. The van der Waals surface area contributed by atoms with Crippen LogP contribution in [-0.4, -0.2) is 30.7 Å². The van der Waals surface area contributed by atoms with Crippen molar-refractivity contribution in [3.05, 3.63) is 29.8 Å². The van der Waals surface area contributed by atoms with Crippen LogP contribution in [0.1, 0.15) is 37.8 Å². The van der Waals surface area contributed by atoms with Gasteiger partial charge in [-0.25, -0.2) is 0 Å². The van der Waals surface area contributed by atoms with Gasteiger partial charge in [-0.2, -0.15) is 0 Å². The molecule has 4 heteroatoms. The summed E-state index contributed by atoms with van der Waals surface area (Å²) in [5.41, 5.74) is 2.17. The summed E-state index contributed by atoms with van der Waals surface area (Å²) >= 11 is 0. The molecule has 1 aromatic carbocycles. The lowest BCUT2D eigenvalue weighted by Gasteiger charge is -2.33. The molecule has 2 unspecified atom stereocenters. The molecule has 1 heterocycles. The van der Waals surface area contributed by atoms with Gasteiger partial charge >= 0.3 is 0 Å². The first-order valence-electron chi connectivity index (χ1n) is 6.86. The van der Waals surface area contributed by atoms with Crippen LogP contribution in [0.3, 0.4) is 0 Å². The number of benzene rings is 1. The zero-order valence-corrected chi connectivity index (χ0v) is 11.6. The van der Waals surface area contributed by atoms with Crippen molar-refractivity contribution < 1.29 is 9.90 Å². The highest BCUT2D eigenvalue weighted by Gasteiger charge is 2.29. The molecule has 4 nitrogen and oxygen atoms in total. The van der Waals surface area contributed by atoms with Gasteiger partial charge in [0.25, 0.3) is 0 Å². The fraction of sp³-hybridized carbons (Fsp3) is 0.533. The van der Waals surface area contributed by atoms with Crippen LogP contribution in [0.4, 0.5) is 5.69 Å². The molecular weight excluding hydrogens is 240 g/mol. The minimum atomic E-state index is 0.0774. The van der Waals surface area contributed by atoms with Crippen molar-refractivity contribution >= 4 is 11.6 Å². The maximum atomic E-state index is 12.0. The zero-order valence-electron chi connectivity index (χ0n) is 11.6. The fourth-order valence-corrected chi connectivity index (χ4v) is 2.62. The largest absolute Gasteiger partial charge is 0.396 e. The number of para-hydroxylation sites is 1. The van der Waals surface area contributed by atoms with E-state index in [-0.39, 0.29) is 18.6 Å². The molecule has 0 bridgehead atoms. The minimum absolute atomic E-state index is 0.0774. The van der Waals surface area contributed by atoms with Gasteiger partial charge in [0, 0.05) is 37.8 Å². The van der Waals surface area contributed by atoms with Gasteiger partial charge in [0.15, 0.2) is 0 Å². The van der Waals surface area contributed by atoms with E-state index in [0.29, 0.717) is 12.5 Å². The number of anilines is 1. The number of fused-ring (bicyclic) bond motifs is 1. The normalized spacial score (nSPS) is 20.3. The molecule has 0 aromatic heterocycles. The summed E-state index contributed by atoms with van der Waals surface area (Å²) in [6.45, 7) is 2.32. The van der Waals surface area contributed by atoms with E-state index in [9.17, 15) is 4.79 Å². The van der Waals surface area contributed by atoms with Gasteiger partial charge in [0.05, 0.1) is 0 Å². The highest BCUT2D eigenvalue weighted by molar-refractivity contribution is 5.96. The molecule has 0 saturated heterocycles. The molecule has 0 fully saturated rings. The molecule has 1 aromatic rings. The van der Waals surface area contributed by atoms with E-state index in [1.807, 2.05) is 25.2 Å². The Labute approximate surface area is 114 Å². The Morgan fingerprint density at radius 1 is 1.47 bits per heavy atom. The first kappa shape index (κ1) is 14.0. The summed E-state index contributed by atoms with van der Waals surface area (Å²) in [6, 6.07) is 8.40. The van der Waals surface area contributed by atoms with Gasteiger partial charge in [-0.15, -0.1) is 0 Å². The van der Waals surface area contributed by atoms with Gasteiger partial charge in [-0.1, -0.05) is 18.2 Å². The number of nitrogens with zero attached hydrogens (tertiary/aromatic N) is 1. The number of aliphatic hydroxyl groups excluding tert-OH is 1. The van der Waals surface area contributed by atoms with Crippen molar-refractivity contribution in [1.29, 1.82) is 0 Å². The smallest absolute Gasteiger partial charge is 0.228 e. The second kappa shape index (κ2) is 6.17. The Morgan fingerprint density at radius 2 is 2.21 bits per heavy atom. The summed E-state index contributed by atoms with van der Waals surface area (Å²) in [4.78, 5) is 13.7. The number of nitrogens with one attached hydrogen (secondary N) is 1. The highest BCUT2D eigenvalue weighted by atomic mass is 16.2. The van der Waals surface area contributed by atoms with E-state index >= 15 is 0 Å². The summed E-state index contributed by atoms with van der Waals surface area (Å²) < 4.78 is 0. The van der Waals surface area contributed by atoms with Gasteiger partial charge < -0.3 is 15.3 Å². The fourth-order valence-electron chi connectivity index (χ4n) is 2.62. The molecule has 0 spiro atoms. The number of aliphatic hydroxyl groups is 1. The molecule has 1 amide bonds. The quantitative estimate of drug-likeness (QED) is 0.851. The third kappa shape index (κ3) is 3.14. The predicted octanol–water partition coefficient (Wildman–Crippen LogP) is 1.84. The summed E-state index contributed by atoms with van der Waals surface area (Å²) in [7, 11) is 1.83. The van der Waals surface area contributed by atoms with Gasteiger partial charge in [0.2, 0.25) is 5.91 Å². The number of hydrogen-bond acceptors (Lipinski definition) is 3. The van der Waals surface area contributed by atoms with Crippen LogP contribution in [0.25, 0.3) is 0 Å². The third-order valence-electron chi connectivity index (χ3n) is 3.71. The minimum Gasteiger partial charge on any atom is -0.396 e. The summed E-state index contributed by atoms with van der Waals surface area (Å²) in [5, 5.41) is 12.4. The van der Waals surface area contributed by atoms with E-state index in [4.69, 9.17) is 5.11 Å². The number of rotatable bonds is 5. The summed E-state index contributed by atoms with van der Waals surface area (Å²) in [6.07, 6.45) is 2.20. The molecule has 1 aliphatic rings. The standard InChI is InChI=1S/C15H22N2O2/c1-11(6-5-9-18)16-13-10-15(19)17(2)14-8-4-3-7-12(13)14/h3-4,7-8,11,13,16,18H,5-6,9-10H2,1-2H3. The van der Waals surface area contributed by atoms with E-state index in [1.165, 1.54) is 5.56 Å². The van der Waals surface area contributed by atoms with Crippen molar-refractivity contribution in [2.24, 2.45) is 0 Å². The molecule has 104 valence electrons. The Kier molecular flexibility index (Phi) is 4.56. The van der Waals surface area contributed by atoms with Crippen LogP contribution in [0.2, 0.25) is 0 Å². The van der Waals surface area contributed by atoms with E-state index in [1.54, 1.807) is 4.90 Å². The molecule has 2 rings (SSSR count). The predicted molar refractivity (Wildman–Crippen MR) is 76.1 cm³/mol. The molecule has 0 aliphatic carbocycles. The van der Waals surface area contributed by atoms with Crippen molar-refractivity contribution in [3.63, 3.8) is 0 Å². The lowest BCUT2D eigenvalue weighted by Crippen LogP contribution is -2.40. The van der Waals surface area contributed by atoms with Crippen LogP contribution in [-0.2, 0) is 4.79 Å². The Morgan fingerprint density at radius 3 is 2.95 bits per heavy atom. The maximum Gasteiger partial charge on any atom is 0.228 e. The van der Waals surface area contributed by atoms with Gasteiger partial charge in [-0.3, -0.25) is 4.79 Å². The molecule has 2 N–H and O–H groups in total. The number of carbonyl (C=O) groups is 1. The maximum absolute atomic E-state index is 12.0. The Balaban J connectivity index is 2.13. The van der Waals surface area contributed by atoms with E-state index in [0.717, 1.165) is 18.5 Å². The van der Waals surface area contributed by atoms with Crippen LogP contribution in [0, 0.1) is 0 Å². The second-order valence-electron chi connectivity index (χ2n) is 5.20. The highest BCUT2D eigenvalue weighted by Crippen LogP contribution is 2.33. The van der Waals surface area contributed by atoms with Crippen molar-refractivity contribution in [1.82, 2.24) is 5.32 Å². The lowest BCUT2D eigenvalue weighted by atomic mass is 9.95. The molecule has 1 aliphatic heterocycles. The third-order valence-corrected chi connectivity index (χ3v) is 3.71. The molecule has 0 radical (unpaired) electrons.